The molecule has 142 valence electrons. The molecule has 8 heteroatoms. The predicted octanol–water partition coefficient (Wildman–Crippen LogP) is 3.36. The summed E-state index contributed by atoms with van der Waals surface area (Å²) in [7, 11) is 0. The number of rotatable bonds is 3. The van der Waals surface area contributed by atoms with Crippen LogP contribution in [-0.4, -0.2) is 58.5 Å². The lowest BCUT2D eigenvalue weighted by atomic mass is 10.1. The first kappa shape index (κ1) is 19.9. The Balaban J connectivity index is 0.00000210. The molecule has 0 saturated carbocycles. The lowest BCUT2D eigenvalue weighted by molar-refractivity contribution is -0.131. The zero-order valence-electron chi connectivity index (χ0n) is 14.8. The van der Waals surface area contributed by atoms with Crippen LogP contribution in [0.25, 0.3) is 0 Å². The van der Waals surface area contributed by atoms with Gasteiger partial charge in [-0.15, -0.1) is 28.8 Å². The Kier molecular flexibility index (Phi) is 6.93. The number of benzene rings is 1. The first-order valence-electron chi connectivity index (χ1n) is 8.67. The minimum Gasteiger partial charge on any atom is -0.346 e. The molecule has 1 fully saturated rings. The first-order chi connectivity index (χ1) is 12.8. The molecule has 0 aliphatic carbocycles. The van der Waals surface area contributed by atoms with E-state index in [1.54, 1.807) is 23.1 Å². The number of amidine groups is 1. The molecule has 3 heterocycles. The molecule has 0 atom stereocenters. The van der Waals surface area contributed by atoms with Crippen LogP contribution >= 0.6 is 35.5 Å². The van der Waals surface area contributed by atoms with Gasteiger partial charge >= 0.3 is 0 Å². The van der Waals surface area contributed by atoms with E-state index >= 15 is 0 Å². The van der Waals surface area contributed by atoms with Gasteiger partial charge in [0.25, 0.3) is 0 Å². The molecule has 2 aliphatic heterocycles. The van der Waals surface area contributed by atoms with Crippen molar-refractivity contribution in [1.29, 1.82) is 0 Å². The third kappa shape index (κ3) is 4.91. The van der Waals surface area contributed by atoms with Crippen molar-refractivity contribution in [2.45, 2.75) is 6.42 Å². The van der Waals surface area contributed by atoms with Gasteiger partial charge in [0.1, 0.15) is 0 Å². The molecule has 0 N–H and O–H groups in total. The minimum atomic E-state index is 0. The fourth-order valence-electron chi connectivity index (χ4n) is 3.04. The highest BCUT2D eigenvalue weighted by atomic mass is 35.5. The summed E-state index contributed by atoms with van der Waals surface area (Å²) in [5.41, 5.74) is 2.15. The second kappa shape index (κ2) is 9.39. The van der Waals surface area contributed by atoms with Crippen LogP contribution in [0.15, 0.2) is 58.0 Å². The van der Waals surface area contributed by atoms with E-state index in [1.807, 2.05) is 40.6 Å². The van der Waals surface area contributed by atoms with E-state index < -0.39 is 0 Å². The fraction of sp³-hybridized carbons (Fsp3) is 0.316. The standard InChI is InChI=1S/C19H20N4OS2.ClH/c24-18(13-16-7-4-12-25-16)22-8-10-23(11-9-22)19-21-20-17(14-26-19)15-5-2-1-3-6-15;/h1-7,12H,8-11,13-14H2;1H. The second-order valence-electron chi connectivity index (χ2n) is 6.21. The average Bonchev–Trinajstić information content (AvgIpc) is 3.22. The molecule has 1 saturated heterocycles. The number of piperazine rings is 1. The number of carbonyl (C=O) groups excluding carboxylic acids is 1. The summed E-state index contributed by atoms with van der Waals surface area (Å²) in [6.45, 7) is 3.13. The maximum atomic E-state index is 12.4. The average molecular weight is 421 g/mol. The maximum Gasteiger partial charge on any atom is 0.227 e. The van der Waals surface area contributed by atoms with Crippen molar-refractivity contribution in [3.63, 3.8) is 0 Å². The Morgan fingerprint density at radius 1 is 1.00 bits per heavy atom. The Bertz CT molecular complexity index is 815. The maximum absolute atomic E-state index is 12.4. The van der Waals surface area contributed by atoms with E-state index in [2.05, 4.69) is 27.2 Å². The van der Waals surface area contributed by atoms with Gasteiger partial charge in [-0.25, -0.2) is 0 Å². The molecule has 1 aromatic heterocycles. The van der Waals surface area contributed by atoms with E-state index in [0.717, 1.165) is 53.3 Å². The van der Waals surface area contributed by atoms with Crippen LogP contribution in [-0.2, 0) is 11.2 Å². The zero-order valence-corrected chi connectivity index (χ0v) is 17.2. The van der Waals surface area contributed by atoms with Crippen molar-refractivity contribution in [3.05, 3.63) is 58.3 Å². The summed E-state index contributed by atoms with van der Waals surface area (Å²) < 4.78 is 0. The zero-order chi connectivity index (χ0) is 17.8. The normalized spacial score (nSPS) is 17.0. The molecule has 27 heavy (non-hydrogen) atoms. The molecule has 0 unspecified atom stereocenters. The number of carbonyl (C=O) groups is 1. The molecule has 1 aromatic carbocycles. The van der Waals surface area contributed by atoms with Gasteiger partial charge in [-0.3, -0.25) is 4.79 Å². The monoisotopic (exact) mass is 420 g/mol. The van der Waals surface area contributed by atoms with Crippen molar-refractivity contribution in [2.75, 3.05) is 31.9 Å². The van der Waals surface area contributed by atoms with Crippen LogP contribution in [0, 0.1) is 0 Å². The van der Waals surface area contributed by atoms with E-state index in [0.29, 0.717) is 6.42 Å². The number of hydrogen-bond donors (Lipinski definition) is 0. The largest absolute Gasteiger partial charge is 0.346 e. The van der Waals surface area contributed by atoms with Crippen molar-refractivity contribution in [2.24, 2.45) is 10.2 Å². The minimum absolute atomic E-state index is 0. The van der Waals surface area contributed by atoms with Crippen LogP contribution in [0.2, 0.25) is 0 Å². The van der Waals surface area contributed by atoms with Gasteiger partial charge in [-0.1, -0.05) is 48.2 Å². The van der Waals surface area contributed by atoms with Crippen molar-refractivity contribution in [3.8, 4) is 0 Å². The van der Waals surface area contributed by atoms with Crippen molar-refractivity contribution < 1.29 is 4.79 Å². The van der Waals surface area contributed by atoms with Gasteiger partial charge in [0.2, 0.25) is 5.91 Å². The number of halogens is 1. The highest BCUT2D eigenvalue weighted by Gasteiger charge is 2.25. The molecule has 0 spiro atoms. The lowest BCUT2D eigenvalue weighted by Gasteiger charge is -2.36. The van der Waals surface area contributed by atoms with Gasteiger partial charge < -0.3 is 9.80 Å². The topological polar surface area (TPSA) is 48.3 Å². The summed E-state index contributed by atoms with van der Waals surface area (Å²) >= 11 is 3.37. The van der Waals surface area contributed by atoms with E-state index in [4.69, 9.17) is 0 Å². The molecule has 0 bridgehead atoms. The molecule has 1 amide bonds. The van der Waals surface area contributed by atoms with E-state index in [1.165, 1.54) is 0 Å². The molecular weight excluding hydrogens is 400 g/mol. The summed E-state index contributed by atoms with van der Waals surface area (Å²) in [4.78, 5) is 17.7. The Morgan fingerprint density at radius 3 is 2.41 bits per heavy atom. The third-order valence-electron chi connectivity index (χ3n) is 4.51. The van der Waals surface area contributed by atoms with Crippen LogP contribution in [0.5, 0.6) is 0 Å². The van der Waals surface area contributed by atoms with Gasteiger partial charge in [-0.2, -0.15) is 5.10 Å². The molecular formula is C19H21ClN4OS2. The Hall–Kier alpha value is -1.83. The Morgan fingerprint density at radius 2 is 1.78 bits per heavy atom. The predicted molar refractivity (Wildman–Crippen MR) is 116 cm³/mol. The third-order valence-corrected chi connectivity index (χ3v) is 6.40. The fourth-order valence-corrected chi connectivity index (χ4v) is 4.69. The number of thioether (sulfide) groups is 1. The van der Waals surface area contributed by atoms with Crippen molar-refractivity contribution in [1.82, 2.24) is 9.80 Å². The van der Waals surface area contributed by atoms with Crippen LogP contribution in [0.3, 0.4) is 0 Å². The molecule has 4 rings (SSSR count). The quantitative estimate of drug-likeness (QED) is 0.764. The molecule has 0 radical (unpaired) electrons. The first-order valence-corrected chi connectivity index (χ1v) is 10.5. The number of hydrogen-bond acceptors (Lipinski definition) is 6. The number of thiophene rings is 1. The van der Waals surface area contributed by atoms with Crippen LogP contribution < -0.4 is 0 Å². The van der Waals surface area contributed by atoms with Gasteiger partial charge in [0.05, 0.1) is 12.1 Å². The highest BCUT2D eigenvalue weighted by molar-refractivity contribution is 8.14. The number of amides is 1. The summed E-state index contributed by atoms with van der Waals surface area (Å²) in [5, 5.41) is 11.8. The van der Waals surface area contributed by atoms with Crippen LogP contribution in [0.1, 0.15) is 10.4 Å². The summed E-state index contributed by atoms with van der Waals surface area (Å²) in [5.74, 6) is 1.05. The van der Waals surface area contributed by atoms with Crippen LogP contribution in [0.4, 0.5) is 0 Å². The van der Waals surface area contributed by atoms with E-state index in [-0.39, 0.29) is 18.3 Å². The highest BCUT2D eigenvalue weighted by Crippen LogP contribution is 2.20. The molecule has 5 nitrogen and oxygen atoms in total. The molecule has 2 aliphatic rings. The van der Waals surface area contributed by atoms with Gasteiger partial charge in [-0.05, 0) is 17.0 Å². The number of nitrogens with zero attached hydrogens (tertiary/aromatic N) is 4. The Labute approximate surface area is 173 Å². The smallest absolute Gasteiger partial charge is 0.227 e. The second-order valence-corrected chi connectivity index (χ2v) is 8.18. The van der Waals surface area contributed by atoms with Gasteiger partial charge in [0, 0.05) is 36.8 Å². The summed E-state index contributed by atoms with van der Waals surface area (Å²) in [6, 6.07) is 14.2. The SMILES string of the molecule is Cl.O=C(Cc1cccs1)N1CCN(C2=NN=C(c3ccccc3)CS2)CC1. The lowest BCUT2D eigenvalue weighted by Crippen LogP contribution is -2.50. The van der Waals surface area contributed by atoms with Crippen molar-refractivity contribution >= 4 is 52.3 Å². The van der Waals surface area contributed by atoms with E-state index in [9.17, 15) is 4.79 Å². The van der Waals surface area contributed by atoms with Gasteiger partial charge in [0.15, 0.2) is 5.17 Å². The molecule has 2 aromatic rings. The summed E-state index contributed by atoms with van der Waals surface area (Å²) in [6.07, 6.45) is 0.512.